The smallest absolute Gasteiger partial charge is 0.263 e. The number of hydrogen-bond acceptors (Lipinski definition) is 5. The molecule has 1 aromatic carbocycles. The van der Waals surface area contributed by atoms with E-state index in [0.29, 0.717) is 17.2 Å². The van der Waals surface area contributed by atoms with Crippen LogP contribution in [0.3, 0.4) is 0 Å². The second kappa shape index (κ2) is 6.53. The normalized spacial score (nSPS) is 10.7. The zero-order valence-corrected chi connectivity index (χ0v) is 14.4. The average Bonchev–Trinajstić information content (AvgIpc) is 2.27. The summed E-state index contributed by atoms with van der Waals surface area (Å²) in [5, 5.41) is 0. The number of anilines is 2. The molecule has 8 heteroatoms. The van der Waals surface area contributed by atoms with Crippen LogP contribution < -0.4 is 10.5 Å². The largest absolute Gasteiger partial charge is 0.399 e. The van der Waals surface area contributed by atoms with Crippen LogP contribution in [-0.2, 0) is 10.0 Å². The van der Waals surface area contributed by atoms with Gasteiger partial charge >= 0.3 is 0 Å². The molecule has 101 valence electrons. The fourth-order valence-electron chi connectivity index (χ4n) is 1.61. The van der Waals surface area contributed by atoms with E-state index in [2.05, 4.69) is 14.7 Å². The third-order valence-electron chi connectivity index (χ3n) is 2.40. The van der Waals surface area contributed by atoms with E-state index in [-0.39, 0.29) is 40.3 Å². The third-order valence-corrected chi connectivity index (χ3v) is 3.77. The molecule has 1 heterocycles. The van der Waals surface area contributed by atoms with Crippen molar-refractivity contribution in [2.45, 2.75) is 18.7 Å². The number of nitrogen functional groups attached to an aromatic ring is 1. The van der Waals surface area contributed by atoms with E-state index >= 15 is 0 Å². The van der Waals surface area contributed by atoms with Gasteiger partial charge in [0.15, 0.2) is 0 Å². The number of benzene rings is 1. The Morgan fingerprint density at radius 2 is 1.70 bits per heavy atom. The average molecular weight is 301 g/mol. The number of aryl methyl sites for hydroxylation is 2. The summed E-state index contributed by atoms with van der Waals surface area (Å²) < 4.78 is 26.7. The number of nitrogens with one attached hydrogen (secondary N) is 1. The summed E-state index contributed by atoms with van der Waals surface area (Å²) in [6.07, 6.45) is 0. The molecular weight excluding hydrogens is 287 g/mol. The van der Waals surface area contributed by atoms with Crippen molar-refractivity contribution in [3.05, 3.63) is 41.9 Å². The molecule has 0 bridgehead atoms. The van der Waals surface area contributed by atoms with Crippen LogP contribution in [-0.4, -0.2) is 47.9 Å². The molecule has 0 aliphatic heterocycles. The Bertz CT molecular complexity index is 682. The first-order valence-electron chi connectivity index (χ1n) is 5.57. The van der Waals surface area contributed by atoms with E-state index in [4.69, 9.17) is 5.73 Å². The van der Waals surface area contributed by atoms with Crippen molar-refractivity contribution in [1.82, 2.24) is 9.97 Å². The molecule has 0 unspecified atom stereocenters. The van der Waals surface area contributed by atoms with E-state index in [9.17, 15) is 8.42 Å². The molecule has 0 aliphatic carbocycles. The van der Waals surface area contributed by atoms with Gasteiger partial charge in [0.25, 0.3) is 10.0 Å². The maximum Gasteiger partial charge on any atom is 0.263 e. The zero-order chi connectivity index (χ0) is 14.0. The minimum Gasteiger partial charge on any atom is -0.399 e. The summed E-state index contributed by atoms with van der Waals surface area (Å²) in [7, 11) is -3.66. The summed E-state index contributed by atoms with van der Waals surface area (Å²) >= 11 is 0. The number of sulfonamides is 1. The van der Waals surface area contributed by atoms with Gasteiger partial charge in [-0.15, -0.1) is 0 Å². The Balaban J connectivity index is 0.00000200. The van der Waals surface area contributed by atoms with Crippen LogP contribution in [0.25, 0.3) is 0 Å². The van der Waals surface area contributed by atoms with Crippen LogP contribution in [0.5, 0.6) is 0 Å². The molecule has 0 aliphatic rings. The third kappa shape index (κ3) is 4.17. The minimum atomic E-state index is -3.66. The monoisotopic (exact) mass is 301 g/mol. The van der Waals surface area contributed by atoms with Gasteiger partial charge in [-0.3, -0.25) is 4.72 Å². The molecule has 2 aromatic rings. The first-order valence-corrected chi connectivity index (χ1v) is 7.06. The van der Waals surface area contributed by atoms with Gasteiger partial charge in [-0.25, -0.2) is 18.4 Å². The summed E-state index contributed by atoms with van der Waals surface area (Å²) in [5.74, 6) is 0.761. The van der Waals surface area contributed by atoms with Gasteiger partial charge in [-0.1, -0.05) is 0 Å². The quantitative estimate of drug-likeness (QED) is 0.653. The molecule has 0 amide bonds. The summed E-state index contributed by atoms with van der Waals surface area (Å²) in [6.45, 7) is 3.48. The SMILES string of the molecule is Cc1cc(NS(=O)(=O)c2ccc(N)cc2)nc(C)n1.[Na]. The number of aromatic nitrogens is 2. The van der Waals surface area contributed by atoms with Crippen LogP contribution in [0.15, 0.2) is 35.2 Å². The Labute approximate surface area is 140 Å². The van der Waals surface area contributed by atoms with Crippen molar-refractivity contribution in [3.8, 4) is 0 Å². The first-order chi connectivity index (χ1) is 8.87. The Morgan fingerprint density at radius 3 is 2.25 bits per heavy atom. The number of nitrogens with two attached hydrogens (primary N) is 1. The van der Waals surface area contributed by atoms with E-state index in [0.717, 1.165) is 0 Å². The molecule has 0 saturated carbocycles. The molecule has 2 rings (SSSR count). The topological polar surface area (TPSA) is 98.0 Å². The second-order valence-electron chi connectivity index (χ2n) is 4.12. The van der Waals surface area contributed by atoms with Gasteiger partial charge in [0.05, 0.1) is 4.90 Å². The van der Waals surface area contributed by atoms with Gasteiger partial charge < -0.3 is 5.73 Å². The van der Waals surface area contributed by atoms with Gasteiger partial charge in [0.2, 0.25) is 0 Å². The maximum absolute atomic E-state index is 12.1. The van der Waals surface area contributed by atoms with Crippen LogP contribution in [0.1, 0.15) is 11.5 Å². The van der Waals surface area contributed by atoms with Crippen LogP contribution >= 0.6 is 0 Å². The molecule has 1 radical (unpaired) electrons. The minimum absolute atomic E-state index is 0. The molecule has 0 fully saturated rings. The van der Waals surface area contributed by atoms with Crippen LogP contribution in [0.4, 0.5) is 11.5 Å². The van der Waals surface area contributed by atoms with Crippen molar-refractivity contribution in [3.63, 3.8) is 0 Å². The molecule has 20 heavy (non-hydrogen) atoms. The molecule has 0 saturated heterocycles. The van der Waals surface area contributed by atoms with E-state index in [1.807, 2.05) is 0 Å². The predicted octanol–water partition coefficient (Wildman–Crippen LogP) is 1.10. The predicted molar refractivity (Wildman–Crippen MR) is 78.9 cm³/mol. The fourth-order valence-corrected chi connectivity index (χ4v) is 2.60. The molecule has 6 nitrogen and oxygen atoms in total. The van der Waals surface area contributed by atoms with E-state index in [1.165, 1.54) is 24.3 Å². The van der Waals surface area contributed by atoms with E-state index < -0.39 is 10.0 Å². The van der Waals surface area contributed by atoms with Crippen LogP contribution in [0, 0.1) is 13.8 Å². The molecular formula is C12H14N4NaO2S. The van der Waals surface area contributed by atoms with Crippen molar-refractivity contribution < 1.29 is 8.42 Å². The van der Waals surface area contributed by atoms with E-state index in [1.54, 1.807) is 19.9 Å². The summed E-state index contributed by atoms with van der Waals surface area (Å²) in [6, 6.07) is 7.52. The van der Waals surface area contributed by atoms with Crippen molar-refractivity contribution in [1.29, 1.82) is 0 Å². The number of rotatable bonds is 3. The Morgan fingerprint density at radius 1 is 1.10 bits per heavy atom. The van der Waals surface area contributed by atoms with Gasteiger partial charge in [0.1, 0.15) is 11.6 Å². The molecule has 0 spiro atoms. The summed E-state index contributed by atoms with van der Waals surface area (Å²) in [4.78, 5) is 8.26. The standard InChI is InChI=1S/C12H14N4O2S.Na/c1-8-7-12(15-9(2)14-8)16-19(17,18)11-5-3-10(13)4-6-11;/h3-7H,13H2,1-2H3,(H,14,15,16);. The summed E-state index contributed by atoms with van der Waals surface area (Å²) in [5.41, 5.74) is 6.73. The molecule has 3 N–H and O–H groups in total. The number of hydrogen-bond donors (Lipinski definition) is 2. The maximum atomic E-state index is 12.1. The van der Waals surface area contributed by atoms with Crippen molar-refractivity contribution >= 4 is 51.1 Å². The second-order valence-corrected chi connectivity index (χ2v) is 5.80. The van der Waals surface area contributed by atoms with Gasteiger partial charge in [0, 0.05) is 47.0 Å². The Kier molecular flexibility index (Phi) is 5.52. The molecule has 0 atom stereocenters. The zero-order valence-electron chi connectivity index (χ0n) is 11.6. The van der Waals surface area contributed by atoms with Gasteiger partial charge in [-0.2, -0.15) is 0 Å². The molecule has 1 aromatic heterocycles. The number of nitrogens with zero attached hydrogens (tertiary/aromatic N) is 2. The Hall–Kier alpha value is -1.15. The first kappa shape index (κ1) is 16.9. The van der Waals surface area contributed by atoms with Gasteiger partial charge in [-0.05, 0) is 38.1 Å². The van der Waals surface area contributed by atoms with Crippen LogP contribution in [0.2, 0.25) is 0 Å². The fraction of sp³-hybridized carbons (Fsp3) is 0.167. The van der Waals surface area contributed by atoms with Crippen molar-refractivity contribution in [2.24, 2.45) is 0 Å². The van der Waals surface area contributed by atoms with Crippen molar-refractivity contribution in [2.75, 3.05) is 10.5 Å².